The Kier molecular flexibility index (Phi) is 3.24. The van der Waals surface area contributed by atoms with E-state index in [1.165, 1.54) is 0 Å². The van der Waals surface area contributed by atoms with Crippen LogP contribution in [-0.2, 0) is 6.42 Å². The Morgan fingerprint density at radius 3 is 2.59 bits per heavy atom. The Morgan fingerprint density at radius 2 is 1.94 bits per heavy atom. The van der Waals surface area contributed by atoms with E-state index >= 15 is 0 Å². The maximum atomic E-state index is 5.69. The maximum absolute atomic E-state index is 5.69. The lowest BCUT2D eigenvalue weighted by Crippen LogP contribution is -2.26. The summed E-state index contributed by atoms with van der Waals surface area (Å²) in [6, 6.07) is 9.75. The number of nitrogens with zero attached hydrogens (tertiary/aromatic N) is 2. The van der Waals surface area contributed by atoms with Crippen LogP contribution < -0.4 is 5.73 Å². The summed E-state index contributed by atoms with van der Waals surface area (Å²) in [6.07, 6.45) is 0.722. The largest absolute Gasteiger partial charge is 0.334 e. The first-order chi connectivity index (χ1) is 8.11. The standard InChI is InChI=1S/C13H17N3O/c1-13(2,9-14)8-11-15-12(17-16-11)10-6-4-3-5-7-10/h3-7H,8-9,14H2,1-2H3. The Morgan fingerprint density at radius 1 is 1.24 bits per heavy atom. The predicted molar refractivity (Wildman–Crippen MR) is 66.3 cm³/mol. The van der Waals surface area contributed by atoms with E-state index < -0.39 is 0 Å². The number of rotatable bonds is 4. The number of benzene rings is 1. The van der Waals surface area contributed by atoms with Gasteiger partial charge in [-0.2, -0.15) is 4.98 Å². The highest BCUT2D eigenvalue weighted by Crippen LogP contribution is 2.21. The van der Waals surface area contributed by atoms with Gasteiger partial charge in [0.1, 0.15) is 0 Å². The van der Waals surface area contributed by atoms with E-state index in [1.807, 2.05) is 30.3 Å². The minimum atomic E-state index is -0.00215. The smallest absolute Gasteiger partial charge is 0.257 e. The molecule has 1 aromatic carbocycles. The van der Waals surface area contributed by atoms with Crippen molar-refractivity contribution in [3.8, 4) is 11.5 Å². The lowest BCUT2D eigenvalue weighted by molar-refractivity contribution is 0.352. The Balaban J connectivity index is 2.17. The summed E-state index contributed by atoms with van der Waals surface area (Å²) < 4.78 is 5.24. The van der Waals surface area contributed by atoms with Gasteiger partial charge in [-0.3, -0.25) is 0 Å². The number of hydrogen-bond acceptors (Lipinski definition) is 4. The van der Waals surface area contributed by atoms with Gasteiger partial charge in [0.25, 0.3) is 5.89 Å². The fourth-order valence-corrected chi connectivity index (χ4v) is 1.52. The summed E-state index contributed by atoms with van der Waals surface area (Å²) >= 11 is 0. The second kappa shape index (κ2) is 4.67. The lowest BCUT2D eigenvalue weighted by Gasteiger charge is -2.19. The second-order valence-electron chi connectivity index (χ2n) is 4.93. The van der Waals surface area contributed by atoms with Crippen molar-refractivity contribution in [1.82, 2.24) is 10.1 Å². The normalized spacial score (nSPS) is 11.7. The van der Waals surface area contributed by atoms with Crippen molar-refractivity contribution in [3.63, 3.8) is 0 Å². The van der Waals surface area contributed by atoms with Crippen molar-refractivity contribution in [2.45, 2.75) is 20.3 Å². The van der Waals surface area contributed by atoms with E-state index in [1.54, 1.807) is 0 Å². The summed E-state index contributed by atoms with van der Waals surface area (Å²) in [5.41, 5.74) is 6.63. The van der Waals surface area contributed by atoms with Gasteiger partial charge in [-0.1, -0.05) is 37.2 Å². The van der Waals surface area contributed by atoms with E-state index in [4.69, 9.17) is 10.3 Å². The summed E-state index contributed by atoms with van der Waals surface area (Å²) in [5.74, 6) is 1.27. The molecule has 0 aliphatic heterocycles. The molecule has 0 fully saturated rings. The molecule has 0 atom stereocenters. The van der Waals surface area contributed by atoms with Crippen molar-refractivity contribution in [2.24, 2.45) is 11.1 Å². The number of hydrogen-bond donors (Lipinski definition) is 1. The van der Waals surface area contributed by atoms with Crippen molar-refractivity contribution in [2.75, 3.05) is 6.54 Å². The first-order valence-electron chi connectivity index (χ1n) is 5.69. The minimum Gasteiger partial charge on any atom is -0.334 e. The molecule has 4 heteroatoms. The molecule has 90 valence electrons. The molecule has 1 heterocycles. The fourth-order valence-electron chi connectivity index (χ4n) is 1.52. The lowest BCUT2D eigenvalue weighted by atomic mass is 9.89. The van der Waals surface area contributed by atoms with Crippen LogP contribution in [0.15, 0.2) is 34.9 Å². The molecule has 0 saturated heterocycles. The van der Waals surface area contributed by atoms with Crippen molar-refractivity contribution in [3.05, 3.63) is 36.2 Å². The highest BCUT2D eigenvalue weighted by Gasteiger charge is 2.20. The number of nitrogens with two attached hydrogens (primary N) is 1. The van der Waals surface area contributed by atoms with Crippen LogP contribution in [-0.4, -0.2) is 16.7 Å². The number of aromatic nitrogens is 2. The van der Waals surface area contributed by atoms with Crippen molar-refractivity contribution < 1.29 is 4.52 Å². The van der Waals surface area contributed by atoms with Gasteiger partial charge in [0.05, 0.1) is 0 Å². The molecular weight excluding hydrogens is 214 g/mol. The molecule has 0 radical (unpaired) electrons. The molecular formula is C13H17N3O. The van der Waals surface area contributed by atoms with E-state index in [0.717, 1.165) is 12.0 Å². The average molecular weight is 231 g/mol. The predicted octanol–water partition coefficient (Wildman–Crippen LogP) is 2.26. The molecule has 2 N–H and O–H groups in total. The van der Waals surface area contributed by atoms with E-state index in [9.17, 15) is 0 Å². The summed E-state index contributed by atoms with van der Waals surface area (Å²) in [5, 5.41) is 3.98. The van der Waals surface area contributed by atoms with Gasteiger partial charge < -0.3 is 10.3 Å². The fraction of sp³-hybridized carbons (Fsp3) is 0.385. The average Bonchev–Trinajstić information content (AvgIpc) is 2.78. The van der Waals surface area contributed by atoms with E-state index in [2.05, 4.69) is 24.0 Å². The van der Waals surface area contributed by atoms with Crippen LogP contribution in [0.5, 0.6) is 0 Å². The Bertz CT molecular complexity index is 476. The van der Waals surface area contributed by atoms with Gasteiger partial charge in [0, 0.05) is 12.0 Å². The summed E-state index contributed by atoms with van der Waals surface area (Å²) in [4.78, 5) is 4.38. The molecule has 2 rings (SSSR count). The third-order valence-corrected chi connectivity index (χ3v) is 2.68. The summed E-state index contributed by atoms with van der Waals surface area (Å²) in [6.45, 7) is 4.78. The molecule has 4 nitrogen and oxygen atoms in total. The molecule has 0 saturated carbocycles. The topological polar surface area (TPSA) is 64.9 Å². The van der Waals surface area contributed by atoms with Crippen LogP contribution in [0.2, 0.25) is 0 Å². The molecule has 0 spiro atoms. The van der Waals surface area contributed by atoms with Gasteiger partial charge in [-0.05, 0) is 24.1 Å². The van der Waals surface area contributed by atoms with E-state index in [0.29, 0.717) is 18.3 Å². The van der Waals surface area contributed by atoms with Gasteiger partial charge in [0.2, 0.25) is 0 Å². The molecule has 0 amide bonds. The zero-order valence-corrected chi connectivity index (χ0v) is 10.2. The Hall–Kier alpha value is -1.68. The molecule has 0 aliphatic rings. The molecule has 0 aliphatic carbocycles. The van der Waals surface area contributed by atoms with Crippen molar-refractivity contribution >= 4 is 0 Å². The zero-order valence-electron chi connectivity index (χ0n) is 10.2. The molecule has 2 aromatic rings. The van der Waals surface area contributed by atoms with Crippen LogP contribution in [0, 0.1) is 5.41 Å². The van der Waals surface area contributed by atoms with Crippen molar-refractivity contribution in [1.29, 1.82) is 0 Å². The summed E-state index contributed by atoms with van der Waals surface area (Å²) in [7, 11) is 0. The van der Waals surface area contributed by atoms with Gasteiger partial charge in [-0.15, -0.1) is 0 Å². The minimum absolute atomic E-state index is 0.00215. The van der Waals surface area contributed by atoms with Gasteiger partial charge in [0.15, 0.2) is 5.82 Å². The van der Waals surface area contributed by atoms with Crippen LogP contribution in [0.4, 0.5) is 0 Å². The van der Waals surface area contributed by atoms with Crippen LogP contribution in [0.25, 0.3) is 11.5 Å². The quantitative estimate of drug-likeness (QED) is 0.876. The Labute approximate surface area is 101 Å². The van der Waals surface area contributed by atoms with E-state index in [-0.39, 0.29) is 5.41 Å². The second-order valence-corrected chi connectivity index (χ2v) is 4.93. The van der Waals surface area contributed by atoms with Crippen LogP contribution >= 0.6 is 0 Å². The molecule has 0 unspecified atom stereocenters. The first-order valence-corrected chi connectivity index (χ1v) is 5.69. The molecule has 17 heavy (non-hydrogen) atoms. The SMILES string of the molecule is CC(C)(CN)Cc1noc(-c2ccccc2)n1. The molecule has 1 aromatic heterocycles. The van der Waals surface area contributed by atoms with Crippen LogP contribution in [0.1, 0.15) is 19.7 Å². The molecule has 0 bridgehead atoms. The van der Waals surface area contributed by atoms with Gasteiger partial charge in [-0.25, -0.2) is 0 Å². The highest BCUT2D eigenvalue weighted by molar-refractivity contribution is 5.51. The highest BCUT2D eigenvalue weighted by atomic mass is 16.5. The van der Waals surface area contributed by atoms with Gasteiger partial charge >= 0.3 is 0 Å². The monoisotopic (exact) mass is 231 g/mol. The zero-order chi connectivity index (χ0) is 12.3. The van der Waals surface area contributed by atoms with Crippen LogP contribution in [0.3, 0.4) is 0 Å². The third-order valence-electron chi connectivity index (χ3n) is 2.68. The maximum Gasteiger partial charge on any atom is 0.257 e. The first kappa shape index (κ1) is 11.8. The third kappa shape index (κ3) is 2.91.